The van der Waals surface area contributed by atoms with E-state index in [1.54, 1.807) is 97.1 Å². The number of carbonyl (C=O) groups excluding carboxylic acids is 2. The average molecular weight is 1230 g/mol. The lowest BCUT2D eigenvalue weighted by Crippen LogP contribution is -2.36. The van der Waals surface area contributed by atoms with Gasteiger partial charge in [0.2, 0.25) is 0 Å². The molecule has 24 heteroatoms. The molecule has 0 aliphatic heterocycles. The molecule has 12 N–H and O–H groups in total. The number of carboxylic acid groups (broad SMARTS) is 2. The maximum Gasteiger partial charge on any atom is 0.412 e. The summed E-state index contributed by atoms with van der Waals surface area (Å²) in [4.78, 5) is 50.9. The Morgan fingerprint density at radius 2 is 0.989 bits per heavy atom. The minimum atomic E-state index is -4.51. The van der Waals surface area contributed by atoms with Crippen LogP contribution in [0.5, 0.6) is 34.5 Å². The molecule has 450 valence electrons. The second-order valence-corrected chi connectivity index (χ2v) is 23.5. The average Bonchev–Trinajstić information content (AvgIpc) is 2.70. The molecule has 0 aliphatic rings. The Morgan fingerprint density at radius 1 is 0.489 bits per heavy atom. The first-order valence-electron chi connectivity index (χ1n) is 27.0. The van der Waals surface area contributed by atoms with E-state index in [0.717, 1.165) is 0 Å². The number of hydrogen-bond donors (Lipinski definition) is 10. The molecule has 0 aliphatic carbocycles. The fraction of sp³-hybridized carbons (Fsp3) is 0.125. The predicted molar refractivity (Wildman–Crippen MR) is 332 cm³/mol. The highest BCUT2D eigenvalue weighted by molar-refractivity contribution is 7.93. The molecule has 88 heavy (non-hydrogen) atoms. The van der Waals surface area contributed by atoms with Gasteiger partial charge in [-0.1, -0.05) is 84.9 Å². The van der Waals surface area contributed by atoms with Gasteiger partial charge in [0.25, 0.3) is 20.0 Å². The number of aliphatic carboxylic acids is 2. The Kier molecular flexibility index (Phi) is 17.3. The first kappa shape index (κ1) is 60.5. The molecule has 10 aromatic carbocycles. The number of anilines is 2. The highest BCUT2D eigenvalue weighted by Crippen LogP contribution is 2.52. The third kappa shape index (κ3) is 12.5. The monoisotopic (exact) mass is 1230 g/mol. The summed E-state index contributed by atoms with van der Waals surface area (Å²) in [6, 6.07) is 41.0. The van der Waals surface area contributed by atoms with E-state index >= 15 is 0 Å². The highest BCUT2D eigenvalue weighted by atomic mass is 32.2. The second kappa shape index (κ2) is 25.1. The van der Waals surface area contributed by atoms with Gasteiger partial charge in [0.05, 0.1) is 35.4 Å². The van der Waals surface area contributed by atoms with Gasteiger partial charge in [-0.25, -0.2) is 26.4 Å². The van der Waals surface area contributed by atoms with E-state index in [4.69, 9.17) is 30.4 Å². The fourth-order valence-electron chi connectivity index (χ4n) is 10.2. The minimum Gasteiger partial charge on any atom is -0.507 e. The number of hydrogen-bond acceptors (Lipinski definition) is 16. The highest BCUT2D eigenvalue weighted by Gasteiger charge is 2.29. The number of phenols is 2. The molecular formula is C64H56N6O16S2. The van der Waals surface area contributed by atoms with Crippen molar-refractivity contribution < 1.29 is 75.4 Å². The van der Waals surface area contributed by atoms with Gasteiger partial charge in [-0.15, -0.1) is 0 Å². The van der Waals surface area contributed by atoms with Gasteiger partial charge in [-0.3, -0.25) is 19.0 Å². The molecule has 0 saturated heterocycles. The number of ether oxygens (including phenoxy) is 4. The minimum absolute atomic E-state index is 0.00690. The van der Waals surface area contributed by atoms with Crippen LogP contribution in [-0.4, -0.2) is 101 Å². The first-order valence-corrected chi connectivity index (χ1v) is 30.0. The van der Waals surface area contributed by atoms with Crippen molar-refractivity contribution in [3.63, 3.8) is 0 Å². The van der Waals surface area contributed by atoms with E-state index in [1.165, 1.54) is 87.0 Å². The van der Waals surface area contributed by atoms with Crippen LogP contribution >= 0.6 is 0 Å². The van der Waals surface area contributed by atoms with E-state index in [2.05, 4.69) is 20.1 Å². The van der Waals surface area contributed by atoms with Crippen molar-refractivity contribution in [2.45, 2.75) is 34.7 Å². The van der Waals surface area contributed by atoms with Gasteiger partial charge in [0.1, 0.15) is 46.6 Å². The summed E-state index contributed by atoms with van der Waals surface area (Å²) in [5.41, 5.74) is 12.4. The molecule has 0 radical (unpaired) electrons. The standard InChI is InChI=1S/C64H56N6O16S2/c1-83-37-17-21-39(22-18-37)87(79,80)69-53-32-49(59(72)45-14-8-6-12-43(45)53)58-44-13-7-5-11-42(44)47(34-56(58)85-63(77)67-29-27-51(65)61(73)74)36-15-25-46-48(31-36)54(70-88(81,82)40-23-19-38(84-2)20-24-40)33-50(57-41-10-4-3-9-35(41)16-26-55(57)71)60(46)86-64(78)68-30-28-52(66)62(75)76/h3-26,31-34,51-52,69-72H,27-30,65-66H2,1-2H3,(H,67,77)(H,68,78)(H,73,74)(H,75,76). The third-order valence-electron chi connectivity index (χ3n) is 14.6. The summed E-state index contributed by atoms with van der Waals surface area (Å²) in [6.07, 6.45) is -2.51. The van der Waals surface area contributed by atoms with Gasteiger partial charge in [-0.05, 0) is 130 Å². The van der Waals surface area contributed by atoms with Crippen molar-refractivity contribution >= 4 is 98.6 Å². The normalized spacial score (nSPS) is 12.3. The van der Waals surface area contributed by atoms with Crippen LogP contribution in [0.2, 0.25) is 0 Å². The molecule has 10 rings (SSSR count). The van der Waals surface area contributed by atoms with Crippen molar-refractivity contribution in [3.8, 4) is 67.9 Å². The summed E-state index contributed by atoms with van der Waals surface area (Å²) >= 11 is 0. The number of nitrogens with one attached hydrogen (secondary N) is 4. The van der Waals surface area contributed by atoms with Crippen LogP contribution in [-0.2, 0) is 29.6 Å². The SMILES string of the molecule is COc1ccc(S(=O)(=O)Nc2cc(-c3c(OC(=O)NCCC(N)C(=O)O)cc(-c4ccc5c(OC(=O)NCCC(N)C(=O)O)c(-c6c(O)ccc7ccccc67)cc(NS(=O)(=O)c6ccc(OC)cc6)c5c4)c4ccccc34)c(O)c3ccccc23)cc1. The van der Waals surface area contributed by atoms with E-state index in [9.17, 15) is 56.4 Å². The van der Waals surface area contributed by atoms with Crippen LogP contribution in [0.3, 0.4) is 0 Å². The Balaban J connectivity index is 1.22. The number of carboxylic acids is 2. The zero-order valence-corrected chi connectivity index (χ0v) is 48.4. The predicted octanol–water partition coefficient (Wildman–Crippen LogP) is 10.1. The Hall–Kier alpha value is -10.7. The number of benzene rings is 10. The zero-order valence-electron chi connectivity index (χ0n) is 46.8. The lowest BCUT2D eigenvalue weighted by Gasteiger charge is -2.22. The van der Waals surface area contributed by atoms with Crippen molar-refractivity contribution in [3.05, 3.63) is 170 Å². The van der Waals surface area contributed by atoms with Crippen LogP contribution in [0.25, 0.3) is 76.5 Å². The summed E-state index contributed by atoms with van der Waals surface area (Å²) in [6.45, 7) is -0.487. The van der Waals surface area contributed by atoms with Crippen molar-refractivity contribution in [1.82, 2.24) is 10.6 Å². The number of rotatable bonds is 21. The van der Waals surface area contributed by atoms with Gasteiger partial charge < -0.3 is 61.5 Å². The number of sulfonamides is 2. The molecule has 0 aromatic heterocycles. The molecule has 0 fully saturated rings. The second-order valence-electron chi connectivity index (χ2n) is 20.1. The third-order valence-corrected chi connectivity index (χ3v) is 17.3. The van der Waals surface area contributed by atoms with Crippen LogP contribution in [0.15, 0.2) is 180 Å². The molecular weight excluding hydrogens is 1170 g/mol. The first-order chi connectivity index (χ1) is 42.2. The van der Waals surface area contributed by atoms with E-state index < -0.39 is 56.3 Å². The van der Waals surface area contributed by atoms with Gasteiger partial charge >= 0.3 is 24.1 Å². The van der Waals surface area contributed by atoms with Gasteiger partial charge in [0.15, 0.2) is 0 Å². The lowest BCUT2D eigenvalue weighted by molar-refractivity contribution is -0.139. The lowest BCUT2D eigenvalue weighted by atomic mass is 9.88. The van der Waals surface area contributed by atoms with Gasteiger partial charge in [0, 0.05) is 56.9 Å². The summed E-state index contributed by atoms with van der Waals surface area (Å²) in [7, 11) is -5.98. The Morgan fingerprint density at radius 3 is 1.56 bits per heavy atom. The number of aromatic hydroxyl groups is 2. The van der Waals surface area contributed by atoms with Crippen molar-refractivity contribution in [2.75, 3.05) is 36.8 Å². The van der Waals surface area contributed by atoms with Crippen LogP contribution in [0.4, 0.5) is 21.0 Å². The smallest absolute Gasteiger partial charge is 0.412 e. The maximum atomic E-state index is 14.7. The molecule has 0 spiro atoms. The number of phenolic OH excluding ortho intramolecular Hbond substituents is 2. The van der Waals surface area contributed by atoms with Crippen LogP contribution < -0.4 is 50.5 Å². The van der Waals surface area contributed by atoms with Gasteiger partial charge in [-0.2, -0.15) is 0 Å². The van der Waals surface area contributed by atoms with Crippen LogP contribution in [0, 0.1) is 0 Å². The Labute approximate surface area is 503 Å². The largest absolute Gasteiger partial charge is 0.507 e. The molecule has 2 atom stereocenters. The molecule has 2 unspecified atom stereocenters. The number of carbonyl (C=O) groups is 4. The Bertz CT molecular complexity index is 4640. The number of methoxy groups -OCH3 is 2. The molecule has 10 aromatic rings. The maximum absolute atomic E-state index is 14.7. The van der Waals surface area contributed by atoms with E-state index in [0.29, 0.717) is 49.6 Å². The number of amides is 2. The summed E-state index contributed by atoms with van der Waals surface area (Å²) in [5.74, 6) is -2.82. The van der Waals surface area contributed by atoms with Crippen LogP contribution in [0.1, 0.15) is 12.8 Å². The van der Waals surface area contributed by atoms with Crippen molar-refractivity contribution in [1.29, 1.82) is 0 Å². The molecule has 0 bridgehead atoms. The fourth-order valence-corrected chi connectivity index (χ4v) is 12.3. The molecule has 2 amide bonds. The summed E-state index contributed by atoms with van der Waals surface area (Å²) < 4.78 is 85.9. The quantitative estimate of drug-likeness (QED) is 0.0299. The summed E-state index contributed by atoms with van der Waals surface area (Å²) in [5, 5.41) is 50.8. The number of fused-ring (bicyclic) bond motifs is 4. The van der Waals surface area contributed by atoms with E-state index in [1.807, 2.05) is 0 Å². The topological polar surface area (TPSA) is 355 Å². The zero-order chi connectivity index (χ0) is 62.6. The molecule has 0 saturated carbocycles. The molecule has 22 nitrogen and oxygen atoms in total. The van der Waals surface area contributed by atoms with Crippen molar-refractivity contribution in [2.24, 2.45) is 11.5 Å². The van der Waals surface area contributed by atoms with E-state index in [-0.39, 0.29) is 109 Å². The molecule has 0 heterocycles. The number of nitrogens with two attached hydrogens (primary N) is 2.